The number of rotatable bonds is 3. The van der Waals surface area contributed by atoms with Crippen LogP contribution in [0.5, 0.6) is 0 Å². The van der Waals surface area contributed by atoms with Crippen LogP contribution in [0.1, 0.15) is 35.6 Å². The highest BCUT2D eigenvalue weighted by atomic mass is 19.4. The molecule has 9 heteroatoms. The summed E-state index contributed by atoms with van der Waals surface area (Å²) in [4.78, 5) is 14.1. The molecule has 1 aliphatic heterocycles. The average Bonchev–Trinajstić information content (AvgIpc) is 2.69. The number of likely N-dealkylation sites (tertiary alicyclic amines) is 1. The molecule has 0 saturated carbocycles. The third kappa shape index (κ3) is 4.14. The van der Waals surface area contributed by atoms with Crippen LogP contribution in [0.2, 0.25) is 0 Å². The maximum atomic E-state index is 13.7. The highest BCUT2D eigenvalue weighted by Gasteiger charge is 2.36. The SMILES string of the molecule is Nc1ncnc2nc(C3CCCN(Cc4ccc(F)cc4)C3)cc(C(F)(F)F)c12. The Morgan fingerprint density at radius 3 is 2.62 bits per heavy atom. The fourth-order valence-corrected chi connectivity index (χ4v) is 3.83. The second-order valence-electron chi connectivity index (χ2n) is 7.25. The van der Waals surface area contributed by atoms with Gasteiger partial charge in [0.2, 0.25) is 0 Å². The van der Waals surface area contributed by atoms with Crippen molar-refractivity contribution >= 4 is 16.9 Å². The number of alkyl halides is 3. The molecule has 2 aromatic heterocycles. The van der Waals surface area contributed by atoms with Crippen LogP contribution in [-0.4, -0.2) is 32.9 Å². The molecule has 1 unspecified atom stereocenters. The zero-order valence-electron chi connectivity index (χ0n) is 15.5. The Morgan fingerprint density at radius 2 is 1.90 bits per heavy atom. The van der Waals surface area contributed by atoms with Gasteiger partial charge >= 0.3 is 6.18 Å². The Kier molecular flexibility index (Phi) is 5.08. The lowest BCUT2D eigenvalue weighted by molar-refractivity contribution is -0.136. The number of benzene rings is 1. The third-order valence-electron chi connectivity index (χ3n) is 5.20. The molecule has 1 aliphatic rings. The van der Waals surface area contributed by atoms with E-state index in [0.717, 1.165) is 37.3 Å². The zero-order valence-corrected chi connectivity index (χ0v) is 15.5. The number of nitrogens with zero attached hydrogens (tertiary/aromatic N) is 4. The summed E-state index contributed by atoms with van der Waals surface area (Å²) in [7, 11) is 0. The summed E-state index contributed by atoms with van der Waals surface area (Å²) < 4.78 is 54.1. The molecule has 2 N–H and O–H groups in total. The average molecular weight is 405 g/mol. The molecule has 0 amide bonds. The van der Waals surface area contributed by atoms with Crippen LogP contribution in [0, 0.1) is 5.82 Å². The van der Waals surface area contributed by atoms with Crippen LogP contribution in [-0.2, 0) is 12.7 Å². The number of piperidine rings is 1. The van der Waals surface area contributed by atoms with E-state index in [9.17, 15) is 17.6 Å². The number of hydrogen-bond donors (Lipinski definition) is 1. The fraction of sp³-hybridized carbons (Fsp3) is 0.350. The molecule has 29 heavy (non-hydrogen) atoms. The van der Waals surface area contributed by atoms with Crippen LogP contribution in [0.4, 0.5) is 23.4 Å². The molecule has 0 radical (unpaired) electrons. The Labute approximate surface area is 164 Å². The van der Waals surface area contributed by atoms with Gasteiger partial charge < -0.3 is 5.73 Å². The molecular weight excluding hydrogens is 386 g/mol. The summed E-state index contributed by atoms with van der Waals surface area (Å²) in [5.74, 6) is -0.694. The maximum Gasteiger partial charge on any atom is 0.417 e. The van der Waals surface area contributed by atoms with Gasteiger partial charge in [0.05, 0.1) is 10.9 Å². The monoisotopic (exact) mass is 405 g/mol. The topological polar surface area (TPSA) is 67.9 Å². The molecule has 0 spiro atoms. The summed E-state index contributed by atoms with van der Waals surface area (Å²) in [5, 5.41) is -0.261. The molecule has 1 saturated heterocycles. The maximum absolute atomic E-state index is 13.7. The lowest BCUT2D eigenvalue weighted by Gasteiger charge is -2.32. The molecule has 152 valence electrons. The molecular formula is C20H19F4N5. The highest BCUT2D eigenvalue weighted by molar-refractivity contribution is 5.89. The summed E-state index contributed by atoms with van der Waals surface area (Å²) in [6.07, 6.45) is -1.90. The predicted molar refractivity (Wildman–Crippen MR) is 100 cm³/mol. The van der Waals surface area contributed by atoms with E-state index in [4.69, 9.17) is 5.73 Å². The Bertz CT molecular complexity index is 1020. The molecule has 3 aromatic rings. The minimum atomic E-state index is -4.59. The quantitative estimate of drug-likeness (QED) is 0.664. The molecule has 1 aromatic carbocycles. The van der Waals surface area contributed by atoms with Crippen LogP contribution < -0.4 is 5.73 Å². The van der Waals surface area contributed by atoms with E-state index in [1.165, 1.54) is 12.1 Å². The van der Waals surface area contributed by atoms with Crippen molar-refractivity contribution in [1.82, 2.24) is 19.9 Å². The molecule has 3 heterocycles. The van der Waals surface area contributed by atoms with Gasteiger partial charge in [-0.15, -0.1) is 0 Å². The number of aromatic nitrogens is 3. The van der Waals surface area contributed by atoms with E-state index in [1.54, 1.807) is 12.1 Å². The van der Waals surface area contributed by atoms with Crippen molar-refractivity contribution in [1.29, 1.82) is 0 Å². The minimum absolute atomic E-state index is 0.0435. The second-order valence-corrected chi connectivity index (χ2v) is 7.25. The third-order valence-corrected chi connectivity index (χ3v) is 5.20. The van der Waals surface area contributed by atoms with E-state index < -0.39 is 11.7 Å². The van der Waals surface area contributed by atoms with Crippen LogP contribution in [0.15, 0.2) is 36.7 Å². The summed E-state index contributed by atoms with van der Waals surface area (Å²) in [6.45, 7) is 1.99. The standard InChI is InChI=1S/C20H19F4N5/c21-14-5-3-12(4-6-14)9-29-7-1-2-13(10-29)16-8-15(20(22,23)24)17-18(25)26-11-27-19(17)28-16/h3-6,8,11,13H,1-2,7,9-10H2,(H2,25,26,27,28). The summed E-state index contributed by atoms with van der Waals surface area (Å²) >= 11 is 0. The molecule has 5 nitrogen and oxygen atoms in total. The Morgan fingerprint density at radius 1 is 1.14 bits per heavy atom. The number of pyridine rings is 1. The molecule has 0 aliphatic carbocycles. The molecule has 1 fully saturated rings. The van der Waals surface area contributed by atoms with Gasteiger partial charge in [0, 0.05) is 24.7 Å². The molecule has 4 rings (SSSR count). The van der Waals surface area contributed by atoms with Gasteiger partial charge in [0.1, 0.15) is 18.0 Å². The number of anilines is 1. The number of fused-ring (bicyclic) bond motifs is 1. The van der Waals surface area contributed by atoms with E-state index in [2.05, 4.69) is 19.9 Å². The number of hydrogen-bond acceptors (Lipinski definition) is 5. The number of halogens is 4. The van der Waals surface area contributed by atoms with Crippen molar-refractivity contribution in [2.24, 2.45) is 0 Å². The second kappa shape index (κ2) is 7.55. The van der Waals surface area contributed by atoms with Gasteiger partial charge in [-0.3, -0.25) is 4.90 Å². The first-order valence-corrected chi connectivity index (χ1v) is 9.26. The van der Waals surface area contributed by atoms with E-state index in [1.807, 2.05) is 0 Å². The lowest BCUT2D eigenvalue weighted by atomic mass is 9.92. The van der Waals surface area contributed by atoms with Crippen molar-refractivity contribution in [2.75, 3.05) is 18.8 Å². The van der Waals surface area contributed by atoms with Gasteiger partial charge in [-0.1, -0.05) is 12.1 Å². The smallest absolute Gasteiger partial charge is 0.383 e. The van der Waals surface area contributed by atoms with Crippen molar-refractivity contribution in [3.8, 4) is 0 Å². The molecule has 1 atom stereocenters. The Balaban J connectivity index is 1.64. The van der Waals surface area contributed by atoms with Gasteiger partial charge in [0.15, 0.2) is 5.65 Å². The summed E-state index contributed by atoms with van der Waals surface area (Å²) in [5.41, 5.74) is 6.08. The first-order valence-electron chi connectivity index (χ1n) is 9.26. The largest absolute Gasteiger partial charge is 0.417 e. The van der Waals surface area contributed by atoms with E-state index in [-0.39, 0.29) is 28.6 Å². The lowest BCUT2D eigenvalue weighted by Crippen LogP contribution is -2.34. The Hall–Kier alpha value is -2.81. The van der Waals surface area contributed by atoms with Crippen molar-refractivity contribution < 1.29 is 17.6 Å². The zero-order chi connectivity index (χ0) is 20.6. The van der Waals surface area contributed by atoms with Gasteiger partial charge in [0.25, 0.3) is 0 Å². The highest BCUT2D eigenvalue weighted by Crippen LogP contribution is 2.38. The van der Waals surface area contributed by atoms with E-state index in [0.29, 0.717) is 18.8 Å². The first-order chi connectivity index (χ1) is 13.8. The van der Waals surface area contributed by atoms with Gasteiger partial charge in [-0.25, -0.2) is 19.3 Å². The summed E-state index contributed by atoms with van der Waals surface area (Å²) in [6, 6.07) is 7.32. The minimum Gasteiger partial charge on any atom is -0.383 e. The van der Waals surface area contributed by atoms with Gasteiger partial charge in [-0.05, 0) is 43.1 Å². The molecule has 0 bridgehead atoms. The van der Waals surface area contributed by atoms with Gasteiger partial charge in [-0.2, -0.15) is 13.2 Å². The van der Waals surface area contributed by atoms with Crippen molar-refractivity contribution in [3.05, 3.63) is 59.3 Å². The predicted octanol–water partition coefficient (Wildman–Crippen LogP) is 4.14. The normalized spacial score (nSPS) is 18.3. The number of nitrogen functional groups attached to an aromatic ring is 1. The number of nitrogens with two attached hydrogens (primary N) is 1. The van der Waals surface area contributed by atoms with Crippen molar-refractivity contribution in [3.63, 3.8) is 0 Å². The van der Waals surface area contributed by atoms with Crippen molar-refractivity contribution in [2.45, 2.75) is 31.5 Å². The van der Waals surface area contributed by atoms with Crippen LogP contribution >= 0.6 is 0 Å². The van der Waals surface area contributed by atoms with Crippen LogP contribution in [0.25, 0.3) is 11.0 Å². The van der Waals surface area contributed by atoms with E-state index >= 15 is 0 Å². The fourth-order valence-electron chi connectivity index (χ4n) is 3.83. The first kappa shape index (κ1) is 19.5. The van der Waals surface area contributed by atoms with Crippen LogP contribution in [0.3, 0.4) is 0 Å².